The molecule has 1 N–H and O–H groups in total. The Kier molecular flexibility index (Phi) is 4.34. The smallest absolute Gasteiger partial charge is 0.0909 e. The number of hydrogen-bond acceptors (Lipinski definition) is 1. The Morgan fingerprint density at radius 1 is 1.67 bits per heavy atom. The maximum Gasteiger partial charge on any atom is 0.0909 e. The Hall–Kier alpha value is -0.373. The second-order valence-electron chi connectivity index (χ2n) is 1.01. The minimum atomic E-state index is -0.217. The average Bonchev–Trinajstić information content (AvgIpc) is 1.61. The molecule has 0 amide bonds. The first kappa shape index (κ1) is 5.63. The zero-order valence-electron chi connectivity index (χ0n) is 3.94. The molecule has 0 fully saturated rings. The summed E-state index contributed by atoms with van der Waals surface area (Å²) in [7, 11) is -0.217. The molecule has 0 bridgehead atoms. The Balaban J connectivity index is 2.85. The molecule has 0 aromatic heterocycles. The van der Waals surface area contributed by atoms with Crippen LogP contribution in [0, 0.1) is 5.41 Å². The third-order valence-electron chi connectivity index (χ3n) is 0.490. The summed E-state index contributed by atoms with van der Waals surface area (Å²) in [5.74, 6) is 1.51. The molecule has 6 heavy (non-hydrogen) atoms. The monoisotopic (exact) mass is 99.1 g/mol. The van der Waals surface area contributed by atoms with E-state index < -0.39 is 0 Å². The van der Waals surface area contributed by atoms with Gasteiger partial charge in [-0.05, 0) is 12.8 Å². The van der Waals surface area contributed by atoms with Crippen LogP contribution in [-0.2, 0) is 0 Å². The van der Waals surface area contributed by atoms with Gasteiger partial charge in [-0.2, -0.15) is 0 Å². The van der Waals surface area contributed by atoms with Crippen LogP contribution >= 0.6 is 0 Å². The second-order valence-corrected chi connectivity index (χ2v) is 2.36. The summed E-state index contributed by atoms with van der Waals surface area (Å²) in [4.78, 5) is 0. The van der Waals surface area contributed by atoms with Gasteiger partial charge in [0, 0.05) is 0 Å². The van der Waals surface area contributed by atoms with E-state index in [1.54, 1.807) is 0 Å². The lowest BCUT2D eigenvalue weighted by Gasteiger charge is -1.66. The zero-order valence-corrected chi connectivity index (χ0v) is 5.35. The maximum absolute atomic E-state index is 6.59. The van der Waals surface area contributed by atoms with Crippen molar-refractivity contribution in [1.29, 1.82) is 5.41 Å². The third-order valence-corrected chi connectivity index (χ3v) is 1.47. The van der Waals surface area contributed by atoms with Gasteiger partial charge in [0.2, 0.25) is 0 Å². The highest BCUT2D eigenvalue weighted by atomic mass is 28.2. The molecule has 0 aromatic rings. The van der Waals surface area contributed by atoms with Gasteiger partial charge in [0.15, 0.2) is 0 Å². The molecule has 0 rings (SSSR count). The number of allylic oxidation sites excluding steroid dienone is 1. The van der Waals surface area contributed by atoms with Gasteiger partial charge in [-0.1, -0.05) is 11.8 Å². The van der Waals surface area contributed by atoms with Crippen molar-refractivity contribution in [3.63, 3.8) is 0 Å². The quantitative estimate of drug-likeness (QED) is 0.380. The van der Waals surface area contributed by atoms with Crippen molar-refractivity contribution in [3.05, 3.63) is 11.8 Å². The number of nitrogens with one attached hydrogen (secondary N) is 1. The standard InChI is InChI=1S/C4H9NSi/c1-2-3-6-4-5/h2-5H,6H2,1H3. The summed E-state index contributed by atoms with van der Waals surface area (Å²) in [6, 6.07) is 0. The normalized spacial score (nSPS) is 11.5. The van der Waals surface area contributed by atoms with E-state index in [9.17, 15) is 0 Å². The minimum absolute atomic E-state index is 0.217. The Morgan fingerprint density at radius 2 is 2.33 bits per heavy atom. The van der Waals surface area contributed by atoms with Crippen LogP contribution in [0.25, 0.3) is 0 Å². The molecule has 0 heterocycles. The van der Waals surface area contributed by atoms with Crippen LogP contribution in [0.15, 0.2) is 11.8 Å². The van der Waals surface area contributed by atoms with Crippen molar-refractivity contribution < 1.29 is 0 Å². The van der Waals surface area contributed by atoms with E-state index in [2.05, 4.69) is 5.70 Å². The molecule has 34 valence electrons. The molecule has 0 saturated heterocycles. The SMILES string of the molecule is CC=C[SiH2]C=N. The molecule has 0 saturated carbocycles. The molecule has 0 atom stereocenters. The number of hydrogen-bond donors (Lipinski definition) is 1. The van der Waals surface area contributed by atoms with E-state index in [0.717, 1.165) is 0 Å². The summed E-state index contributed by atoms with van der Waals surface area (Å²) in [5.41, 5.74) is 2.08. The molecular weight excluding hydrogens is 90.1 g/mol. The van der Waals surface area contributed by atoms with Gasteiger partial charge in [0.05, 0.1) is 9.52 Å². The maximum atomic E-state index is 6.59. The molecule has 0 aliphatic rings. The van der Waals surface area contributed by atoms with Gasteiger partial charge in [-0.25, -0.2) is 0 Å². The highest BCUT2D eigenvalue weighted by Gasteiger charge is 1.61. The first-order chi connectivity index (χ1) is 2.91. The highest BCUT2D eigenvalue weighted by Crippen LogP contribution is 1.59. The summed E-state index contributed by atoms with van der Waals surface area (Å²) in [6.45, 7) is 1.98. The van der Waals surface area contributed by atoms with Crippen molar-refractivity contribution in [2.45, 2.75) is 6.92 Å². The largest absolute Gasteiger partial charge is 0.318 e. The van der Waals surface area contributed by atoms with Crippen LogP contribution in [-0.4, -0.2) is 15.4 Å². The van der Waals surface area contributed by atoms with E-state index >= 15 is 0 Å². The predicted molar refractivity (Wildman–Crippen MR) is 32.1 cm³/mol. The summed E-state index contributed by atoms with van der Waals surface area (Å²) in [5, 5.41) is 6.59. The second kappa shape index (κ2) is 4.63. The van der Waals surface area contributed by atoms with Crippen molar-refractivity contribution in [3.8, 4) is 0 Å². The molecule has 1 nitrogen and oxygen atoms in total. The van der Waals surface area contributed by atoms with E-state index in [1.165, 1.54) is 5.84 Å². The van der Waals surface area contributed by atoms with E-state index in [1.807, 2.05) is 13.0 Å². The molecule has 0 aliphatic carbocycles. The van der Waals surface area contributed by atoms with Gasteiger partial charge in [0.1, 0.15) is 0 Å². The Labute approximate surface area is 40.4 Å². The zero-order chi connectivity index (χ0) is 4.83. The van der Waals surface area contributed by atoms with Crippen LogP contribution in [0.2, 0.25) is 0 Å². The summed E-state index contributed by atoms with van der Waals surface area (Å²) in [6.07, 6.45) is 2.00. The molecule has 0 radical (unpaired) electrons. The van der Waals surface area contributed by atoms with Crippen LogP contribution in [0.4, 0.5) is 0 Å². The molecular formula is C4H9NSi. The van der Waals surface area contributed by atoms with Crippen LogP contribution in [0.5, 0.6) is 0 Å². The Morgan fingerprint density at radius 3 is 2.50 bits per heavy atom. The molecule has 2 heteroatoms. The first-order valence-electron chi connectivity index (χ1n) is 2.02. The van der Waals surface area contributed by atoms with Crippen molar-refractivity contribution in [2.75, 3.05) is 0 Å². The lowest BCUT2D eigenvalue weighted by Crippen LogP contribution is -1.80. The van der Waals surface area contributed by atoms with Crippen molar-refractivity contribution in [1.82, 2.24) is 0 Å². The molecule has 0 unspecified atom stereocenters. The fraction of sp³-hybridized carbons (Fsp3) is 0.250. The molecule has 0 aliphatic heterocycles. The van der Waals surface area contributed by atoms with Crippen LogP contribution in [0.3, 0.4) is 0 Å². The number of rotatable bonds is 2. The summed E-state index contributed by atoms with van der Waals surface area (Å²) < 4.78 is 0. The van der Waals surface area contributed by atoms with Gasteiger partial charge >= 0.3 is 0 Å². The van der Waals surface area contributed by atoms with Gasteiger partial charge in [-0.3, -0.25) is 0 Å². The molecule has 0 spiro atoms. The third kappa shape index (κ3) is 3.63. The average molecular weight is 99.2 g/mol. The van der Waals surface area contributed by atoms with E-state index in [4.69, 9.17) is 5.41 Å². The molecule has 0 aromatic carbocycles. The summed E-state index contributed by atoms with van der Waals surface area (Å²) >= 11 is 0. The first-order valence-corrected chi connectivity index (χ1v) is 3.65. The van der Waals surface area contributed by atoms with E-state index in [0.29, 0.717) is 0 Å². The van der Waals surface area contributed by atoms with Crippen LogP contribution < -0.4 is 0 Å². The minimum Gasteiger partial charge on any atom is -0.318 e. The van der Waals surface area contributed by atoms with Gasteiger partial charge in [-0.15, -0.1) is 0 Å². The van der Waals surface area contributed by atoms with Gasteiger partial charge < -0.3 is 5.41 Å². The highest BCUT2D eigenvalue weighted by molar-refractivity contribution is 6.71. The van der Waals surface area contributed by atoms with Crippen molar-refractivity contribution >= 4 is 15.4 Å². The van der Waals surface area contributed by atoms with E-state index in [-0.39, 0.29) is 9.52 Å². The lowest BCUT2D eigenvalue weighted by atomic mass is 10.8. The fourth-order valence-electron chi connectivity index (χ4n) is 0.204. The lowest BCUT2D eigenvalue weighted by molar-refractivity contribution is 1.60. The van der Waals surface area contributed by atoms with Crippen molar-refractivity contribution in [2.24, 2.45) is 0 Å². The fourth-order valence-corrected chi connectivity index (χ4v) is 0.612. The van der Waals surface area contributed by atoms with Gasteiger partial charge in [0.25, 0.3) is 0 Å². The Bertz CT molecular complexity index is 58.6. The topological polar surface area (TPSA) is 23.9 Å². The predicted octanol–water partition coefficient (Wildman–Crippen LogP) is 0.296. The van der Waals surface area contributed by atoms with Crippen LogP contribution in [0.1, 0.15) is 6.92 Å².